The van der Waals surface area contributed by atoms with Gasteiger partial charge >= 0.3 is 53.4 Å². The first-order chi connectivity index (χ1) is 6.41. The van der Waals surface area contributed by atoms with Crippen molar-refractivity contribution in [3.8, 4) is 0 Å². The molecule has 80 valence electrons. The van der Waals surface area contributed by atoms with Crippen molar-refractivity contribution in [3.05, 3.63) is 0 Å². The summed E-state index contributed by atoms with van der Waals surface area (Å²) in [6.45, 7) is 2.15. The molecule has 15 heavy (non-hydrogen) atoms. The third-order valence-electron chi connectivity index (χ3n) is 1.05. The first-order valence-corrected chi connectivity index (χ1v) is 3.84. The molecule has 0 spiro atoms. The minimum absolute atomic E-state index is 0. The van der Waals surface area contributed by atoms with Gasteiger partial charge in [-0.15, -0.1) is 0 Å². The minimum atomic E-state index is -0.821. The molecule has 0 bridgehead atoms. The van der Waals surface area contributed by atoms with E-state index in [0.29, 0.717) is 0 Å². The summed E-state index contributed by atoms with van der Waals surface area (Å²) in [4.78, 5) is 41.9. The molecule has 0 radical (unpaired) electrons. The van der Waals surface area contributed by atoms with E-state index in [2.05, 4.69) is 9.47 Å². The van der Waals surface area contributed by atoms with Crippen LogP contribution < -0.4 is 0 Å². The van der Waals surface area contributed by atoms with E-state index in [1.807, 2.05) is 0 Å². The quantitative estimate of drug-likeness (QED) is 0.359. The Balaban J connectivity index is 0. The summed E-state index contributed by atoms with van der Waals surface area (Å²) in [6, 6.07) is 0. The predicted octanol–water partition coefficient (Wildman–Crippen LogP) is -0.703. The van der Waals surface area contributed by atoms with E-state index in [-0.39, 0.29) is 42.4 Å². The van der Waals surface area contributed by atoms with Crippen molar-refractivity contribution in [3.63, 3.8) is 0 Å². The number of carbonyl (C=O) groups is 4. The summed E-state index contributed by atoms with van der Waals surface area (Å²) in [5, 5.41) is 0. The van der Waals surface area contributed by atoms with Gasteiger partial charge in [0.25, 0.3) is 0 Å². The zero-order valence-electron chi connectivity index (χ0n) is 7.86. The molecule has 0 unspecified atom stereocenters. The van der Waals surface area contributed by atoms with Crippen molar-refractivity contribution in [1.82, 2.24) is 0 Å². The molecule has 0 aliphatic carbocycles. The molecule has 0 aromatic heterocycles. The number of hydrogen-bond donors (Lipinski definition) is 0. The second-order valence-corrected chi connectivity index (χ2v) is 2.43. The van der Waals surface area contributed by atoms with Crippen molar-refractivity contribution in [2.45, 2.75) is 26.7 Å². The Labute approximate surface area is 109 Å². The first kappa shape index (κ1) is 16.7. The van der Waals surface area contributed by atoms with E-state index < -0.39 is 23.9 Å². The normalized spacial score (nSPS) is 8.40. The van der Waals surface area contributed by atoms with Gasteiger partial charge in [0, 0.05) is 13.8 Å². The third-order valence-corrected chi connectivity index (χ3v) is 1.05. The monoisotopic (exact) mass is 226 g/mol. The molecular formula is C8H11NaO6. The van der Waals surface area contributed by atoms with Gasteiger partial charge in [0.15, 0.2) is 0 Å². The van der Waals surface area contributed by atoms with Crippen LogP contribution in [0.25, 0.3) is 0 Å². The van der Waals surface area contributed by atoms with Gasteiger partial charge in [0.05, 0.1) is 12.8 Å². The topological polar surface area (TPSA) is 86.7 Å². The van der Waals surface area contributed by atoms with Crippen molar-refractivity contribution in [2.24, 2.45) is 0 Å². The maximum absolute atomic E-state index is 10.7. The standard InChI is InChI=1S/C8H10O6.Na.H/c1-5(9)13-7(11)3-4-8(12)14-6(2)10;;/h3-4H2,1-2H3;;. The second kappa shape index (κ2) is 8.58. The van der Waals surface area contributed by atoms with Gasteiger partial charge in [-0.25, -0.2) is 0 Å². The van der Waals surface area contributed by atoms with Gasteiger partial charge < -0.3 is 9.47 Å². The van der Waals surface area contributed by atoms with Crippen LogP contribution >= 0.6 is 0 Å². The van der Waals surface area contributed by atoms with Crippen LogP contribution in [0.15, 0.2) is 0 Å². The molecule has 0 heterocycles. The molecule has 0 atom stereocenters. The molecule has 0 saturated carbocycles. The Hall–Kier alpha value is -0.720. The summed E-state index contributed by atoms with van der Waals surface area (Å²) in [5.41, 5.74) is 0. The molecule has 0 aliphatic heterocycles. The summed E-state index contributed by atoms with van der Waals surface area (Å²) in [6.07, 6.45) is -0.572. The molecule has 0 aromatic rings. The predicted molar refractivity (Wildman–Crippen MR) is 49.9 cm³/mol. The van der Waals surface area contributed by atoms with Gasteiger partial charge in [-0.1, -0.05) is 0 Å². The summed E-state index contributed by atoms with van der Waals surface area (Å²) in [5.74, 6) is -3.12. The molecule has 0 amide bonds. The van der Waals surface area contributed by atoms with Crippen LogP contribution in [0.4, 0.5) is 0 Å². The molecule has 0 rings (SSSR count). The zero-order chi connectivity index (χ0) is 11.1. The van der Waals surface area contributed by atoms with Crippen molar-refractivity contribution in [1.29, 1.82) is 0 Å². The summed E-state index contributed by atoms with van der Waals surface area (Å²) >= 11 is 0. The van der Waals surface area contributed by atoms with Gasteiger partial charge in [-0.05, 0) is 0 Å². The molecule has 0 aliphatic rings. The molecule has 0 saturated heterocycles. The Bertz CT molecular complexity index is 244. The number of carbonyl (C=O) groups excluding carboxylic acids is 4. The van der Waals surface area contributed by atoms with Crippen molar-refractivity contribution < 1.29 is 28.7 Å². The molecular weight excluding hydrogens is 215 g/mol. The molecule has 6 nitrogen and oxygen atoms in total. The molecule has 0 N–H and O–H groups in total. The first-order valence-electron chi connectivity index (χ1n) is 3.84. The summed E-state index contributed by atoms with van der Waals surface area (Å²) in [7, 11) is 0. The molecule has 0 fully saturated rings. The number of ether oxygens (including phenoxy) is 2. The fraction of sp³-hybridized carbons (Fsp3) is 0.500. The number of rotatable bonds is 3. The van der Waals surface area contributed by atoms with Gasteiger partial charge in [-0.2, -0.15) is 0 Å². The zero-order valence-corrected chi connectivity index (χ0v) is 7.86. The van der Waals surface area contributed by atoms with Crippen LogP contribution in [0.3, 0.4) is 0 Å². The SMILES string of the molecule is CC(=O)OC(=O)CCC(=O)OC(C)=O.[NaH]. The third kappa shape index (κ3) is 11.2. The van der Waals surface area contributed by atoms with E-state index in [9.17, 15) is 19.2 Å². The fourth-order valence-electron chi connectivity index (χ4n) is 0.627. The molecule has 7 heteroatoms. The van der Waals surface area contributed by atoms with Crippen LogP contribution in [0, 0.1) is 0 Å². The van der Waals surface area contributed by atoms with Crippen molar-refractivity contribution in [2.75, 3.05) is 0 Å². The van der Waals surface area contributed by atoms with E-state index >= 15 is 0 Å². The van der Waals surface area contributed by atoms with Gasteiger partial charge in [0.1, 0.15) is 0 Å². The van der Waals surface area contributed by atoms with E-state index in [0.717, 1.165) is 13.8 Å². The number of hydrogen-bond acceptors (Lipinski definition) is 6. The number of esters is 4. The fourth-order valence-corrected chi connectivity index (χ4v) is 0.627. The Morgan fingerprint density at radius 1 is 0.800 bits per heavy atom. The average molecular weight is 226 g/mol. The van der Waals surface area contributed by atoms with E-state index in [1.54, 1.807) is 0 Å². The van der Waals surface area contributed by atoms with Crippen LogP contribution in [0.1, 0.15) is 26.7 Å². The van der Waals surface area contributed by atoms with Crippen molar-refractivity contribution >= 4 is 53.4 Å². The average Bonchev–Trinajstić information content (AvgIpc) is 1.98. The second-order valence-electron chi connectivity index (χ2n) is 2.43. The Morgan fingerprint density at radius 2 is 1.07 bits per heavy atom. The van der Waals surface area contributed by atoms with Crippen LogP contribution in [0.2, 0.25) is 0 Å². The summed E-state index contributed by atoms with van der Waals surface area (Å²) < 4.78 is 8.27. The van der Waals surface area contributed by atoms with Crippen LogP contribution in [-0.2, 0) is 28.7 Å². The Morgan fingerprint density at radius 3 is 1.27 bits per heavy atom. The van der Waals surface area contributed by atoms with Crippen LogP contribution in [0.5, 0.6) is 0 Å². The maximum atomic E-state index is 10.7. The van der Waals surface area contributed by atoms with Crippen LogP contribution in [-0.4, -0.2) is 53.4 Å². The Kier molecular flexibility index (Phi) is 9.55. The van der Waals surface area contributed by atoms with E-state index in [1.165, 1.54) is 0 Å². The molecule has 0 aromatic carbocycles. The van der Waals surface area contributed by atoms with Gasteiger partial charge in [-0.3, -0.25) is 19.2 Å². The van der Waals surface area contributed by atoms with E-state index in [4.69, 9.17) is 0 Å². The van der Waals surface area contributed by atoms with Gasteiger partial charge in [0.2, 0.25) is 0 Å².